The van der Waals surface area contributed by atoms with Crippen LogP contribution in [0.15, 0.2) is 36.5 Å². The first-order valence-corrected chi connectivity index (χ1v) is 7.92. The predicted molar refractivity (Wildman–Crippen MR) is 91.0 cm³/mol. The minimum absolute atomic E-state index is 0.0848. The van der Waals surface area contributed by atoms with Crippen LogP contribution in [0.4, 0.5) is 13.2 Å². The standard InChI is InChI=1S/C17H13ClF3N3O2/c18-14-5-9(16(26)22-3-4-25)1-2-11(14)12-6-10(17(19,20)21)7-15-13(12)8-23-24-15/h1-2,5-8,25H,3-4H2,(H,22,26)(H,23,24). The number of nitrogens with zero attached hydrogens (tertiary/aromatic N) is 1. The van der Waals surface area contributed by atoms with Gasteiger partial charge in [0.15, 0.2) is 0 Å². The van der Waals surface area contributed by atoms with Crippen molar-refractivity contribution in [3.05, 3.63) is 52.7 Å². The Bertz CT molecular complexity index is 970. The molecule has 1 aromatic heterocycles. The zero-order chi connectivity index (χ0) is 18.9. The summed E-state index contributed by atoms with van der Waals surface area (Å²) in [6.45, 7) is -0.123. The molecular weight excluding hydrogens is 371 g/mol. The van der Waals surface area contributed by atoms with Crippen LogP contribution in [0.25, 0.3) is 22.0 Å². The number of alkyl halides is 3. The van der Waals surface area contributed by atoms with Crippen molar-refractivity contribution < 1.29 is 23.1 Å². The number of hydrogen-bond donors (Lipinski definition) is 3. The lowest BCUT2D eigenvalue weighted by Crippen LogP contribution is -2.26. The number of carbonyl (C=O) groups excluding carboxylic acids is 1. The maximum atomic E-state index is 13.2. The quantitative estimate of drug-likeness (QED) is 0.644. The Kier molecular flexibility index (Phi) is 4.88. The molecule has 2 aromatic carbocycles. The number of nitrogens with one attached hydrogen (secondary N) is 2. The summed E-state index contributed by atoms with van der Waals surface area (Å²) in [5.41, 5.74) is 0.252. The van der Waals surface area contributed by atoms with Crippen molar-refractivity contribution in [2.75, 3.05) is 13.2 Å². The zero-order valence-corrected chi connectivity index (χ0v) is 13.9. The van der Waals surface area contributed by atoms with E-state index in [1.165, 1.54) is 24.4 Å². The fraction of sp³-hybridized carbons (Fsp3) is 0.176. The highest BCUT2D eigenvalue weighted by Gasteiger charge is 2.32. The third-order valence-corrected chi connectivity index (χ3v) is 4.12. The molecule has 0 aliphatic carbocycles. The van der Waals surface area contributed by atoms with Crippen molar-refractivity contribution in [1.29, 1.82) is 0 Å². The lowest BCUT2D eigenvalue weighted by molar-refractivity contribution is -0.137. The number of aromatic amines is 1. The first-order valence-electron chi connectivity index (χ1n) is 7.54. The average Bonchev–Trinajstić information content (AvgIpc) is 3.06. The van der Waals surface area contributed by atoms with E-state index in [-0.39, 0.29) is 34.8 Å². The van der Waals surface area contributed by atoms with E-state index in [2.05, 4.69) is 15.5 Å². The van der Waals surface area contributed by atoms with Crippen molar-refractivity contribution in [1.82, 2.24) is 15.5 Å². The van der Waals surface area contributed by atoms with Gasteiger partial charge < -0.3 is 10.4 Å². The van der Waals surface area contributed by atoms with E-state index in [0.717, 1.165) is 12.1 Å². The Morgan fingerprint density at radius 2 is 2.00 bits per heavy atom. The van der Waals surface area contributed by atoms with Crippen LogP contribution in [-0.2, 0) is 6.18 Å². The number of aliphatic hydroxyl groups excluding tert-OH is 1. The predicted octanol–water partition coefficient (Wildman–Crippen LogP) is 3.62. The molecule has 3 rings (SSSR count). The number of hydrogen-bond acceptors (Lipinski definition) is 3. The van der Waals surface area contributed by atoms with Gasteiger partial charge in [-0.2, -0.15) is 18.3 Å². The van der Waals surface area contributed by atoms with Crippen LogP contribution in [0, 0.1) is 0 Å². The van der Waals surface area contributed by atoms with E-state index in [1.807, 2.05) is 0 Å². The second-order valence-electron chi connectivity index (χ2n) is 5.53. The third kappa shape index (κ3) is 3.51. The average molecular weight is 384 g/mol. The Morgan fingerprint density at radius 3 is 2.65 bits per heavy atom. The van der Waals surface area contributed by atoms with Gasteiger partial charge in [-0.25, -0.2) is 0 Å². The number of amides is 1. The summed E-state index contributed by atoms with van der Waals surface area (Å²) in [6, 6.07) is 6.30. The maximum absolute atomic E-state index is 13.2. The van der Waals surface area contributed by atoms with Gasteiger partial charge in [0.05, 0.1) is 23.9 Å². The Hall–Kier alpha value is -2.58. The van der Waals surface area contributed by atoms with E-state index in [4.69, 9.17) is 16.7 Å². The Morgan fingerprint density at radius 1 is 1.23 bits per heavy atom. The molecule has 0 unspecified atom stereocenters. The van der Waals surface area contributed by atoms with Crippen molar-refractivity contribution in [3.8, 4) is 11.1 Å². The lowest BCUT2D eigenvalue weighted by Gasteiger charge is -2.12. The maximum Gasteiger partial charge on any atom is 0.416 e. The van der Waals surface area contributed by atoms with Gasteiger partial charge in [-0.15, -0.1) is 0 Å². The van der Waals surface area contributed by atoms with Crippen LogP contribution in [0.2, 0.25) is 5.02 Å². The van der Waals surface area contributed by atoms with Gasteiger partial charge in [0.25, 0.3) is 5.91 Å². The van der Waals surface area contributed by atoms with Crippen molar-refractivity contribution in [2.24, 2.45) is 0 Å². The van der Waals surface area contributed by atoms with E-state index in [9.17, 15) is 18.0 Å². The van der Waals surface area contributed by atoms with Crippen molar-refractivity contribution in [3.63, 3.8) is 0 Å². The molecule has 0 bridgehead atoms. The first kappa shape index (κ1) is 18.2. The highest BCUT2D eigenvalue weighted by Crippen LogP contribution is 2.39. The summed E-state index contributed by atoms with van der Waals surface area (Å²) in [7, 11) is 0. The Balaban J connectivity index is 2.09. The van der Waals surface area contributed by atoms with E-state index in [1.54, 1.807) is 0 Å². The number of fused-ring (bicyclic) bond motifs is 1. The van der Waals surface area contributed by atoms with Crippen LogP contribution < -0.4 is 5.32 Å². The van der Waals surface area contributed by atoms with Gasteiger partial charge in [0.1, 0.15) is 0 Å². The number of halogens is 4. The highest BCUT2D eigenvalue weighted by molar-refractivity contribution is 6.34. The van der Waals surface area contributed by atoms with E-state index < -0.39 is 17.6 Å². The van der Waals surface area contributed by atoms with Crippen LogP contribution >= 0.6 is 11.6 Å². The molecule has 1 heterocycles. The van der Waals surface area contributed by atoms with Gasteiger partial charge in [-0.1, -0.05) is 17.7 Å². The summed E-state index contributed by atoms with van der Waals surface area (Å²) >= 11 is 6.23. The van der Waals surface area contributed by atoms with E-state index >= 15 is 0 Å². The molecule has 3 N–H and O–H groups in total. The lowest BCUT2D eigenvalue weighted by atomic mass is 9.97. The number of rotatable bonds is 4. The highest BCUT2D eigenvalue weighted by atomic mass is 35.5. The zero-order valence-electron chi connectivity index (χ0n) is 13.2. The number of aromatic nitrogens is 2. The number of benzene rings is 2. The molecule has 26 heavy (non-hydrogen) atoms. The van der Waals surface area contributed by atoms with Gasteiger partial charge in [0.2, 0.25) is 0 Å². The SMILES string of the molecule is O=C(NCCO)c1ccc(-c2cc(C(F)(F)F)cc3[nH]ncc23)c(Cl)c1. The summed E-state index contributed by atoms with van der Waals surface area (Å²) in [5.74, 6) is -0.440. The second kappa shape index (κ2) is 6.97. The first-order chi connectivity index (χ1) is 12.3. The molecule has 0 radical (unpaired) electrons. The number of aliphatic hydroxyl groups is 1. The Labute approximate surface area is 150 Å². The van der Waals surface area contributed by atoms with Gasteiger partial charge in [0, 0.05) is 28.1 Å². The van der Waals surface area contributed by atoms with Crippen molar-refractivity contribution in [2.45, 2.75) is 6.18 Å². The molecule has 9 heteroatoms. The monoisotopic (exact) mass is 383 g/mol. The minimum atomic E-state index is -4.52. The number of carbonyl (C=O) groups is 1. The summed E-state index contributed by atoms with van der Waals surface area (Å²) in [4.78, 5) is 11.9. The van der Waals surface area contributed by atoms with Gasteiger partial charge in [-0.3, -0.25) is 9.89 Å². The molecule has 3 aromatic rings. The molecule has 5 nitrogen and oxygen atoms in total. The molecule has 0 saturated heterocycles. The van der Waals surface area contributed by atoms with Crippen LogP contribution in [0.1, 0.15) is 15.9 Å². The normalized spacial score (nSPS) is 11.7. The fourth-order valence-corrected chi connectivity index (χ4v) is 2.87. The molecule has 1 amide bonds. The van der Waals surface area contributed by atoms with Gasteiger partial charge >= 0.3 is 6.18 Å². The molecule has 0 fully saturated rings. The third-order valence-electron chi connectivity index (χ3n) is 3.80. The fourth-order valence-electron chi connectivity index (χ4n) is 2.58. The molecule has 0 spiro atoms. The molecule has 0 aliphatic heterocycles. The molecule has 136 valence electrons. The van der Waals surface area contributed by atoms with Crippen LogP contribution in [0.5, 0.6) is 0 Å². The minimum Gasteiger partial charge on any atom is -0.395 e. The summed E-state index contributed by atoms with van der Waals surface area (Å²) in [6.07, 6.45) is -3.10. The van der Waals surface area contributed by atoms with Crippen LogP contribution in [0.3, 0.4) is 0 Å². The smallest absolute Gasteiger partial charge is 0.395 e. The van der Waals surface area contributed by atoms with E-state index in [0.29, 0.717) is 10.9 Å². The summed E-state index contributed by atoms with van der Waals surface area (Å²) in [5, 5.41) is 18.2. The molecular formula is C17H13ClF3N3O2. The molecule has 0 aliphatic rings. The largest absolute Gasteiger partial charge is 0.416 e. The second-order valence-corrected chi connectivity index (χ2v) is 5.93. The van der Waals surface area contributed by atoms with Crippen LogP contribution in [-0.4, -0.2) is 34.4 Å². The number of H-pyrrole nitrogens is 1. The molecule has 0 saturated carbocycles. The van der Waals surface area contributed by atoms with Crippen molar-refractivity contribution >= 4 is 28.4 Å². The van der Waals surface area contributed by atoms with Gasteiger partial charge in [-0.05, 0) is 29.8 Å². The topological polar surface area (TPSA) is 78.0 Å². The molecule has 0 atom stereocenters. The summed E-state index contributed by atoms with van der Waals surface area (Å²) < 4.78 is 39.5.